The van der Waals surface area contributed by atoms with Crippen LogP contribution in [0.4, 0.5) is 0 Å². The molecule has 3 rings (SSSR count). The van der Waals surface area contributed by atoms with Gasteiger partial charge in [0.15, 0.2) is 5.76 Å². The van der Waals surface area contributed by atoms with Crippen LogP contribution in [0.5, 0.6) is 0 Å². The first-order valence-electron chi connectivity index (χ1n) is 6.98. The van der Waals surface area contributed by atoms with Crippen LogP contribution in [0.15, 0.2) is 33.2 Å². The van der Waals surface area contributed by atoms with Gasteiger partial charge in [0.25, 0.3) is 0 Å². The SMILES string of the molecule is O=C(c1cc2cccc(Br)c2o1)C1CCCCCC1. The van der Waals surface area contributed by atoms with Crippen LogP contribution >= 0.6 is 15.9 Å². The van der Waals surface area contributed by atoms with E-state index in [9.17, 15) is 4.79 Å². The number of para-hydroxylation sites is 1. The number of benzene rings is 1. The van der Waals surface area contributed by atoms with Gasteiger partial charge < -0.3 is 4.42 Å². The normalized spacial score (nSPS) is 17.5. The molecule has 0 amide bonds. The molecular weight excluding hydrogens is 304 g/mol. The summed E-state index contributed by atoms with van der Waals surface area (Å²) in [4.78, 5) is 12.5. The monoisotopic (exact) mass is 320 g/mol. The Kier molecular flexibility index (Phi) is 3.74. The molecule has 2 aromatic rings. The van der Waals surface area contributed by atoms with Crippen molar-refractivity contribution in [3.63, 3.8) is 0 Å². The van der Waals surface area contributed by atoms with E-state index in [0.29, 0.717) is 5.76 Å². The Morgan fingerprint density at radius 1 is 1.16 bits per heavy atom. The zero-order chi connectivity index (χ0) is 13.2. The molecule has 0 aliphatic heterocycles. The maximum atomic E-state index is 12.5. The number of hydrogen-bond donors (Lipinski definition) is 0. The molecule has 1 fully saturated rings. The van der Waals surface area contributed by atoms with E-state index in [0.717, 1.165) is 28.3 Å². The van der Waals surface area contributed by atoms with E-state index in [1.807, 2.05) is 24.3 Å². The summed E-state index contributed by atoms with van der Waals surface area (Å²) in [5.74, 6) is 0.862. The minimum absolute atomic E-state index is 0.154. The van der Waals surface area contributed by atoms with Crippen LogP contribution in [0.3, 0.4) is 0 Å². The van der Waals surface area contributed by atoms with Gasteiger partial charge in [-0.1, -0.05) is 37.8 Å². The molecule has 1 aromatic heterocycles. The first-order valence-corrected chi connectivity index (χ1v) is 7.77. The third-order valence-corrected chi connectivity index (χ3v) is 4.59. The van der Waals surface area contributed by atoms with E-state index in [-0.39, 0.29) is 11.7 Å². The maximum Gasteiger partial charge on any atom is 0.201 e. The third kappa shape index (κ3) is 2.62. The lowest BCUT2D eigenvalue weighted by atomic mass is 9.94. The predicted molar refractivity (Wildman–Crippen MR) is 79.4 cm³/mol. The van der Waals surface area contributed by atoms with Crippen molar-refractivity contribution in [2.75, 3.05) is 0 Å². The molecule has 0 bridgehead atoms. The highest BCUT2D eigenvalue weighted by atomic mass is 79.9. The van der Waals surface area contributed by atoms with Crippen molar-refractivity contribution in [2.24, 2.45) is 5.92 Å². The second kappa shape index (κ2) is 5.49. The van der Waals surface area contributed by atoms with E-state index in [2.05, 4.69) is 15.9 Å². The van der Waals surface area contributed by atoms with Crippen LogP contribution in [0.25, 0.3) is 11.0 Å². The number of hydrogen-bond acceptors (Lipinski definition) is 2. The van der Waals surface area contributed by atoms with E-state index in [4.69, 9.17) is 4.42 Å². The number of ketones is 1. The molecule has 1 aliphatic carbocycles. The first-order chi connectivity index (χ1) is 9.25. The summed E-state index contributed by atoms with van der Waals surface area (Å²) >= 11 is 3.46. The molecule has 1 aromatic carbocycles. The second-order valence-corrected chi connectivity index (χ2v) is 6.18. The van der Waals surface area contributed by atoms with Gasteiger partial charge in [0.1, 0.15) is 5.58 Å². The third-order valence-electron chi connectivity index (χ3n) is 3.96. The van der Waals surface area contributed by atoms with Gasteiger partial charge in [-0.15, -0.1) is 0 Å². The van der Waals surface area contributed by atoms with Crippen molar-refractivity contribution in [3.05, 3.63) is 34.5 Å². The largest absolute Gasteiger partial charge is 0.452 e. The summed E-state index contributed by atoms with van der Waals surface area (Å²) < 4.78 is 6.67. The average molecular weight is 321 g/mol. The van der Waals surface area contributed by atoms with E-state index in [1.54, 1.807) is 0 Å². The van der Waals surface area contributed by atoms with Gasteiger partial charge >= 0.3 is 0 Å². The number of carbonyl (C=O) groups excluding carboxylic acids is 1. The first kappa shape index (κ1) is 12.9. The average Bonchev–Trinajstić information content (AvgIpc) is 2.67. The topological polar surface area (TPSA) is 30.2 Å². The molecule has 0 spiro atoms. The molecule has 0 N–H and O–H groups in total. The summed E-state index contributed by atoms with van der Waals surface area (Å²) in [5.41, 5.74) is 0.777. The van der Waals surface area contributed by atoms with Crippen molar-refractivity contribution in [1.29, 1.82) is 0 Å². The summed E-state index contributed by atoms with van der Waals surface area (Å²) in [6.45, 7) is 0. The van der Waals surface area contributed by atoms with Crippen LogP contribution < -0.4 is 0 Å². The van der Waals surface area contributed by atoms with Gasteiger partial charge in [-0.2, -0.15) is 0 Å². The highest BCUT2D eigenvalue weighted by Crippen LogP contribution is 2.31. The Hall–Kier alpha value is -1.09. The number of halogens is 1. The Labute approximate surface area is 121 Å². The summed E-state index contributed by atoms with van der Waals surface area (Å²) in [6.07, 6.45) is 6.87. The molecule has 1 aliphatic rings. The summed E-state index contributed by atoms with van der Waals surface area (Å²) in [7, 11) is 0. The smallest absolute Gasteiger partial charge is 0.201 e. The molecule has 0 saturated heterocycles. The standard InChI is InChI=1S/C16H17BrO2/c17-13-9-5-8-12-10-14(19-16(12)13)15(18)11-6-3-1-2-4-7-11/h5,8-11H,1-4,6-7H2. The van der Waals surface area contributed by atoms with Crippen LogP contribution in [-0.4, -0.2) is 5.78 Å². The van der Waals surface area contributed by atoms with Crippen molar-refractivity contribution < 1.29 is 9.21 Å². The van der Waals surface area contributed by atoms with Crippen LogP contribution in [0, 0.1) is 5.92 Å². The number of carbonyl (C=O) groups is 1. The van der Waals surface area contributed by atoms with Crippen LogP contribution in [0.2, 0.25) is 0 Å². The van der Waals surface area contributed by atoms with Gasteiger partial charge in [-0.3, -0.25) is 4.79 Å². The van der Waals surface area contributed by atoms with E-state index < -0.39 is 0 Å². The lowest BCUT2D eigenvalue weighted by Crippen LogP contribution is -2.13. The Morgan fingerprint density at radius 2 is 1.89 bits per heavy atom. The quantitative estimate of drug-likeness (QED) is 0.551. The van der Waals surface area contributed by atoms with Gasteiger partial charge in [0, 0.05) is 11.3 Å². The van der Waals surface area contributed by atoms with Crippen molar-refractivity contribution in [3.8, 4) is 0 Å². The van der Waals surface area contributed by atoms with Crippen LogP contribution in [-0.2, 0) is 0 Å². The van der Waals surface area contributed by atoms with Gasteiger partial charge in [0.05, 0.1) is 4.47 Å². The molecule has 3 heteroatoms. The molecule has 1 heterocycles. The zero-order valence-electron chi connectivity index (χ0n) is 10.8. The van der Waals surface area contributed by atoms with E-state index >= 15 is 0 Å². The van der Waals surface area contributed by atoms with Crippen molar-refractivity contribution in [2.45, 2.75) is 38.5 Å². The van der Waals surface area contributed by atoms with Crippen molar-refractivity contribution in [1.82, 2.24) is 0 Å². The number of furan rings is 1. The van der Waals surface area contributed by atoms with Gasteiger partial charge in [-0.25, -0.2) is 0 Å². The number of fused-ring (bicyclic) bond motifs is 1. The number of Topliss-reactive ketones (excluding diaryl/α,β-unsaturated/α-hetero) is 1. The highest BCUT2D eigenvalue weighted by molar-refractivity contribution is 9.10. The molecule has 1 saturated carbocycles. The lowest BCUT2D eigenvalue weighted by Gasteiger charge is -2.10. The summed E-state index contributed by atoms with van der Waals surface area (Å²) in [5, 5.41) is 0.992. The fourth-order valence-corrected chi connectivity index (χ4v) is 3.35. The van der Waals surface area contributed by atoms with Crippen LogP contribution in [0.1, 0.15) is 49.1 Å². The fourth-order valence-electron chi connectivity index (χ4n) is 2.89. The van der Waals surface area contributed by atoms with Crippen molar-refractivity contribution >= 4 is 32.7 Å². The minimum Gasteiger partial charge on any atom is -0.452 e. The predicted octanol–water partition coefficient (Wildman–Crippen LogP) is 5.35. The maximum absolute atomic E-state index is 12.5. The Balaban J connectivity index is 1.90. The van der Waals surface area contributed by atoms with E-state index in [1.165, 1.54) is 25.7 Å². The fraction of sp³-hybridized carbons (Fsp3) is 0.438. The summed E-state index contributed by atoms with van der Waals surface area (Å²) in [6, 6.07) is 7.76. The molecule has 2 nitrogen and oxygen atoms in total. The lowest BCUT2D eigenvalue weighted by molar-refractivity contribution is 0.0881. The minimum atomic E-state index is 0.154. The Morgan fingerprint density at radius 3 is 2.58 bits per heavy atom. The highest BCUT2D eigenvalue weighted by Gasteiger charge is 2.24. The van der Waals surface area contributed by atoms with Gasteiger partial charge in [-0.05, 0) is 40.9 Å². The Bertz CT molecular complexity index is 592. The second-order valence-electron chi connectivity index (χ2n) is 5.32. The molecule has 0 atom stereocenters. The molecule has 0 unspecified atom stereocenters. The molecule has 100 valence electrons. The van der Waals surface area contributed by atoms with Gasteiger partial charge in [0.2, 0.25) is 5.78 Å². The zero-order valence-corrected chi connectivity index (χ0v) is 12.4. The number of rotatable bonds is 2. The molecule has 0 radical (unpaired) electrons. The molecule has 19 heavy (non-hydrogen) atoms. The molecular formula is C16H17BrO2.